The van der Waals surface area contributed by atoms with E-state index in [0.29, 0.717) is 0 Å². The van der Waals surface area contributed by atoms with E-state index in [1.165, 1.54) is 45.3 Å². The SMILES string of the molecule is C.C#CC#CC.C#CC#CC#CC#CC.CC#CC.CC#CC#CC#CC.CC(C)[PH+](Cc1cccc2cc3cccc(C[PH+](C(C)C)C(C)C)c3nc12)C(C)C.[CH-]=O.[Cl][RuH]. The molecule has 322 valence electrons. The van der Waals surface area contributed by atoms with Crippen LogP contribution in [0.1, 0.15) is 115 Å². The number of hydrogen-bond acceptors (Lipinski definition) is 2. The molecule has 0 unspecified atom stereocenters. The first-order valence-electron chi connectivity index (χ1n) is 19.2. The number of nitrogens with zero attached hydrogens (tertiary/aromatic N) is 1. The molecule has 2 nitrogen and oxygen atoms in total. The van der Waals surface area contributed by atoms with Crippen molar-refractivity contribution in [2.75, 3.05) is 0 Å². The summed E-state index contributed by atoms with van der Waals surface area (Å²) in [6, 6.07) is 16.0. The summed E-state index contributed by atoms with van der Waals surface area (Å²) in [5.41, 5.74) is 8.52. The molecule has 6 heteroatoms. The van der Waals surface area contributed by atoms with E-state index in [9.17, 15) is 0 Å². The van der Waals surface area contributed by atoms with E-state index >= 15 is 0 Å². The number of terminal acetylenes is 2. The first-order valence-corrected chi connectivity index (χ1v) is 25.3. The third-order valence-electron chi connectivity index (χ3n) is 7.92. The Morgan fingerprint density at radius 3 is 1.07 bits per heavy atom. The van der Waals surface area contributed by atoms with Crippen LogP contribution >= 0.6 is 25.5 Å². The van der Waals surface area contributed by atoms with Crippen molar-refractivity contribution in [3.8, 4) is 119 Å². The summed E-state index contributed by atoms with van der Waals surface area (Å²) in [5.74, 6) is 44.9. The average molecular weight is 957 g/mol. The van der Waals surface area contributed by atoms with Gasteiger partial charge in [-0.2, -0.15) is 0 Å². The average Bonchev–Trinajstić information content (AvgIpc) is 3.24. The Kier molecular flexibility index (Phi) is 49.5. The molecule has 0 radical (unpaired) electrons. The van der Waals surface area contributed by atoms with Crippen molar-refractivity contribution in [2.24, 2.45) is 0 Å². The van der Waals surface area contributed by atoms with Crippen LogP contribution in [0.3, 0.4) is 0 Å². The van der Waals surface area contributed by atoms with Crippen LogP contribution in [0.15, 0.2) is 42.5 Å². The molecule has 0 saturated heterocycles. The molecule has 1 heterocycles. The molecule has 0 aliphatic rings. The summed E-state index contributed by atoms with van der Waals surface area (Å²) in [7, 11) is 3.69. The minimum atomic E-state index is -0.460. The van der Waals surface area contributed by atoms with Crippen molar-refractivity contribution >= 4 is 54.1 Å². The molecule has 2 aromatic carbocycles. The van der Waals surface area contributed by atoms with Gasteiger partial charge in [-0.25, -0.2) is 4.98 Å². The van der Waals surface area contributed by atoms with E-state index in [1.54, 1.807) is 45.0 Å². The maximum absolute atomic E-state index is 7.75. The van der Waals surface area contributed by atoms with E-state index in [1.807, 2.05) is 13.8 Å². The van der Waals surface area contributed by atoms with E-state index in [0.717, 1.165) is 22.6 Å². The standard InChI is InChI=1S/C27H39NP2.C9H4.C8H6.C5H4.C4H6.CHO.CH4.ClH.Ru.H/c1-18(2)29(19(3)4)16-24-13-9-11-22-15-23-12-10-14-25(27(23)28-26(22)24)17-30(20(5)6)21(7)8;1-3-5-7-9-8-6-4-2;1-3-5-7-8-6-4-2;1-3-5-4-2;1-3-4-2;1-2;;;;/h9-15,18-21H,16-17H2,1-8H3;1H,2H3;1-2H3;1H,2H3;1-2H3;1H;1H4;1H;;/q;;;;;-1;;;+1;/p+1. The van der Waals surface area contributed by atoms with E-state index in [2.05, 4.69) is 221 Å². The monoisotopic (exact) mass is 956 g/mol. The van der Waals surface area contributed by atoms with Gasteiger partial charge in [-0.05, 0) is 174 Å². The zero-order chi connectivity index (χ0) is 46.7. The number of aromatic nitrogens is 1. The van der Waals surface area contributed by atoms with Crippen LogP contribution in [-0.4, -0.2) is 34.4 Å². The Hall–Kier alpha value is -4.85. The molecule has 3 rings (SSSR count). The van der Waals surface area contributed by atoms with Crippen molar-refractivity contribution < 1.29 is 22.1 Å². The number of hydrogen-bond donors (Lipinski definition) is 0. The molecular formula is C55H67ClNOP2Ru+. The second kappa shape index (κ2) is 46.2. The number of benzene rings is 2. The van der Waals surface area contributed by atoms with Crippen LogP contribution in [0.2, 0.25) is 0 Å². The maximum atomic E-state index is 7.75. The van der Waals surface area contributed by atoms with E-state index in [4.69, 9.17) is 22.6 Å². The summed E-state index contributed by atoms with van der Waals surface area (Å²) >= 11 is 1.62. The van der Waals surface area contributed by atoms with Gasteiger partial charge in [0.05, 0.1) is 46.0 Å². The van der Waals surface area contributed by atoms with Gasteiger partial charge in [0.25, 0.3) is 0 Å². The predicted molar refractivity (Wildman–Crippen MR) is 278 cm³/mol. The molecule has 3 aromatic rings. The Morgan fingerprint density at radius 2 is 0.820 bits per heavy atom. The molecule has 0 aliphatic heterocycles. The van der Waals surface area contributed by atoms with Crippen molar-refractivity contribution in [3.63, 3.8) is 0 Å². The molecular weight excluding hydrogens is 889 g/mol. The number of fused-ring (bicyclic) bond motifs is 2. The number of pyridine rings is 1. The van der Waals surface area contributed by atoms with Gasteiger partial charge >= 0.3 is 27.0 Å². The predicted octanol–water partition coefficient (Wildman–Crippen LogP) is 12.6. The third kappa shape index (κ3) is 32.6. The van der Waals surface area contributed by atoms with Gasteiger partial charge in [-0.1, -0.05) is 67.5 Å². The normalized spacial score (nSPS) is 7.95. The van der Waals surface area contributed by atoms with Crippen molar-refractivity contribution in [1.29, 1.82) is 0 Å². The summed E-state index contributed by atoms with van der Waals surface area (Å²) < 4.78 is 0. The first-order chi connectivity index (χ1) is 28.8. The van der Waals surface area contributed by atoms with Crippen LogP contribution in [0.5, 0.6) is 0 Å². The molecule has 0 saturated carbocycles. The summed E-state index contributed by atoms with van der Waals surface area (Å²) in [6.07, 6.45) is 12.0. The van der Waals surface area contributed by atoms with Gasteiger partial charge in [0, 0.05) is 37.7 Å². The van der Waals surface area contributed by atoms with Crippen molar-refractivity contribution in [3.05, 3.63) is 53.6 Å². The molecule has 0 N–H and O–H groups in total. The number of halogens is 1. The topological polar surface area (TPSA) is 30.0 Å². The van der Waals surface area contributed by atoms with Crippen molar-refractivity contribution in [1.82, 2.24) is 4.98 Å². The van der Waals surface area contributed by atoms with Gasteiger partial charge in [-0.3, -0.25) is 6.79 Å². The van der Waals surface area contributed by atoms with Crippen LogP contribution in [-0.2, 0) is 34.4 Å². The molecule has 61 heavy (non-hydrogen) atoms. The number of carbonyl (C=O) groups excluding carboxylic acids is 1. The molecule has 0 bridgehead atoms. The third-order valence-corrected chi connectivity index (χ3v) is 15.4. The second-order valence-corrected chi connectivity index (χ2v) is 20.8. The molecule has 0 spiro atoms. The number of rotatable bonds is 8. The molecule has 0 amide bonds. The fraction of sp³-hybridized carbons (Fsp3) is 0.382. The van der Waals surface area contributed by atoms with Crippen molar-refractivity contribution in [2.45, 2.75) is 139 Å². The van der Waals surface area contributed by atoms with Gasteiger partial charge in [-0.15, -0.1) is 24.7 Å². The molecule has 0 fully saturated rings. The van der Waals surface area contributed by atoms with E-state index < -0.39 is 15.8 Å². The summed E-state index contributed by atoms with van der Waals surface area (Å²) in [6.45, 7) is 33.0. The van der Waals surface area contributed by atoms with Gasteiger partial charge in [0.15, 0.2) is 0 Å². The van der Waals surface area contributed by atoms with Gasteiger partial charge in [0.2, 0.25) is 0 Å². The van der Waals surface area contributed by atoms with Crippen LogP contribution < -0.4 is 0 Å². The zero-order valence-corrected chi connectivity index (χ0v) is 42.7. The quantitative estimate of drug-likeness (QED) is 0.0562. The van der Waals surface area contributed by atoms with Gasteiger partial charge < -0.3 is 4.79 Å². The molecule has 1 aromatic heterocycles. The number of para-hydroxylation sites is 2. The Labute approximate surface area is 391 Å². The summed E-state index contributed by atoms with van der Waals surface area (Å²) in [4.78, 5) is 13.1. The van der Waals surface area contributed by atoms with Crippen LogP contribution in [0.25, 0.3) is 21.8 Å². The zero-order valence-electron chi connectivity index (χ0n) is 38.1. The Bertz CT molecular complexity index is 2180. The van der Waals surface area contributed by atoms with Crippen LogP contribution in [0.4, 0.5) is 0 Å². The van der Waals surface area contributed by atoms with Crippen LogP contribution in [0, 0.1) is 119 Å². The second-order valence-electron chi connectivity index (χ2n) is 13.1. The Morgan fingerprint density at radius 1 is 0.525 bits per heavy atom. The Balaban J connectivity index is -0.000000276. The molecule has 0 aliphatic carbocycles. The summed E-state index contributed by atoms with van der Waals surface area (Å²) in [5, 5.41) is 2.59. The van der Waals surface area contributed by atoms with Gasteiger partial charge in [0.1, 0.15) is 0 Å². The minimum absolute atomic E-state index is 0. The van der Waals surface area contributed by atoms with E-state index in [-0.39, 0.29) is 7.43 Å². The fourth-order valence-electron chi connectivity index (χ4n) is 5.33. The molecule has 0 atom stereocenters. The fourth-order valence-corrected chi connectivity index (χ4v) is 11.1. The first kappa shape index (κ1) is 65.3.